The number of carbonyl (C=O) groups excluding carboxylic acids is 2. The van der Waals surface area contributed by atoms with Crippen LogP contribution in [0.4, 0.5) is 16.2 Å². The standard InChI is InChI=1S/C28H29N3O4/c1-16-8-6-9-19(15-16)31-27(33)30-24-20-10-7-11-22(34-5)25(20)35-28(31,4)23(24)26(32)29-21-13-12-17(2)14-18(21)3/h6-15,23-24H,1-5H3,(H,29,32)(H,30,33)/t23-,24+,28-/m0/s1. The molecule has 5 rings (SSSR count). The molecular formula is C28H29N3O4. The van der Waals surface area contributed by atoms with E-state index < -0.39 is 17.7 Å². The number of hydrogen-bond acceptors (Lipinski definition) is 4. The highest BCUT2D eigenvalue weighted by atomic mass is 16.5. The van der Waals surface area contributed by atoms with E-state index in [9.17, 15) is 9.59 Å². The second-order valence-electron chi connectivity index (χ2n) is 9.42. The topological polar surface area (TPSA) is 79.9 Å². The molecule has 7 nitrogen and oxygen atoms in total. The summed E-state index contributed by atoms with van der Waals surface area (Å²) in [5.74, 6) is 0.0830. The normalized spacial score (nSPS) is 22.5. The first-order valence-corrected chi connectivity index (χ1v) is 11.6. The van der Waals surface area contributed by atoms with Gasteiger partial charge >= 0.3 is 6.03 Å². The van der Waals surface area contributed by atoms with Crippen LogP contribution in [0.5, 0.6) is 11.5 Å². The molecule has 1 saturated heterocycles. The summed E-state index contributed by atoms with van der Waals surface area (Å²) in [6.07, 6.45) is 0. The van der Waals surface area contributed by atoms with E-state index in [4.69, 9.17) is 9.47 Å². The maximum atomic E-state index is 13.9. The molecule has 0 spiro atoms. The lowest BCUT2D eigenvalue weighted by molar-refractivity contribution is -0.131. The van der Waals surface area contributed by atoms with E-state index in [0.717, 1.165) is 22.4 Å². The van der Waals surface area contributed by atoms with Gasteiger partial charge in [-0.1, -0.05) is 42.0 Å². The van der Waals surface area contributed by atoms with Crippen molar-refractivity contribution in [2.24, 2.45) is 5.92 Å². The fourth-order valence-electron chi connectivity index (χ4n) is 5.25. The highest BCUT2D eigenvalue weighted by Gasteiger charge is 2.60. The Morgan fingerprint density at radius 2 is 1.80 bits per heavy atom. The number of amides is 3. The largest absolute Gasteiger partial charge is 0.493 e. The van der Waals surface area contributed by atoms with Crippen LogP contribution >= 0.6 is 0 Å². The Bertz CT molecular complexity index is 1340. The number of para-hydroxylation sites is 1. The lowest BCUT2D eigenvalue weighted by Gasteiger charge is -2.54. The molecule has 0 radical (unpaired) electrons. The molecule has 1 fully saturated rings. The van der Waals surface area contributed by atoms with Crippen molar-refractivity contribution in [2.45, 2.75) is 39.5 Å². The summed E-state index contributed by atoms with van der Waals surface area (Å²) in [5, 5.41) is 6.17. The quantitative estimate of drug-likeness (QED) is 0.544. The third-order valence-corrected chi connectivity index (χ3v) is 6.89. The Kier molecular flexibility index (Phi) is 5.43. The number of nitrogens with one attached hydrogen (secondary N) is 2. The Balaban J connectivity index is 1.65. The summed E-state index contributed by atoms with van der Waals surface area (Å²) >= 11 is 0. The number of methoxy groups -OCH3 is 1. The molecule has 2 heterocycles. The molecule has 3 atom stereocenters. The Labute approximate surface area is 205 Å². The summed E-state index contributed by atoms with van der Waals surface area (Å²) in [6.45, 7) is 7.73. The smallest absolute Gasteiger partial charge is 0.325 e. The van der Waals surface area contributed by atoms with E-state index in [0.29, 0.717) is 22.7 Å². The van der Waals surface area contributed by atoms with E-state index in [1.165, 1.54) is 4.90 Å². The van der Waals surface area contributed by atoms with Gasteiger partial charge in [-0.15, -0.1) is 0 Å². The summed E-state index contributed by atoms with van der Waals surface area (Å²) in [7, 11) is 1.58. The second kappa shape index (κ2) is 8.34. The molecule has 3 aromatic rings. The van der Waals surface area contributed by atoms with Crippen LogP contribution in [0.2, 0.25) is 0 Å². The summed E-state index contributed by atoms with van der Waals surface area (Å²) < 4.78 is 12.2. The zero-order chi connectivity index (χ0) is 24.9. The van der Waals surface area contributed by atoms with Crippen LogP contribution in [0.15, 0.2) is 60.7 Å². The van der Waals surface area contributed by atoms with Crippen molar-refractivity contribution >= 4 is 23.3 Å². The maximum Gasteiger partial charge on any atom is 0.325 e. The molecule has 180 valence electrons. The van der Waals surface area contributed by atoms with Gasteiger partial charge in [-0.2, -0.15) is 0 Å². The lowest BCUT2D eigenvalue weighted by atomic mass is 9.78. The molecule has 3 amide bonds. The van der Waals surface area contributed by atoms with Crippen molar-refractivity contribution in [1.82, 2.24) is 5.32 Å². The minimum Gasteiger partial charge on any atom is -0.493 e. The van der Waals surface area contributed by atoms with Gasteiger partial charge in [-0.3, -0.25) is 9.69 Å². The van der Waals surface area contributed by atoms with Crippen molar-refractivity contribution in [3.8, 4) is 11.5 Å². The number of nitrogens with zero attached hydrogens (tertiary/aromatic N) is 1. The van der Waals surface area contributed by atoms with Crippen molar-refractivity contribution in [2.75, 3.05) is 17.3 Å². The first-order chi connectivity index (χ1) is 16.7. The molecule has 0 aromatic heterocycles. The van der Waals surface area contributed by atoms with Gasteiger partial charge in [0.15, 0.2) is 11.5 Å². The van der Waals surface area contributed by atoms with Crippen LogP contribution in [0.1, 0.15) is 35.2 Å². The number of hydrogen-bond donors (Lipinski definition) is 2. The van der Waals surface area contributed by atoms with Gasteiger partial charge in [0.25, 0.3) is 0 Å². The van der Waals surface area contributed by atoms with Crippen LogP contribution in [0.3, 0.4) is 0 Å². The fourth-order valence-corrected chi connectivity index (χ4v) is 5.25. The number of rotatable bonds is 4. The molecule has 35 heavy (non-hydrogen) atoms. The Hall–Kier alpha value is -4.00. The van der Waals surface area contributed by atoms with Gasteiger partial charge < -0.3 is 20.1 Å². The molecule has 2 aliphatic heterocycles. The van der Waals surface area contributed by atoms with E-state index >= 15 is 0 Å². The van der Waals surface area contributed by atoms with Gasteiger partial charge in [0.05, 0.1) is 13.2 Å². The molecule has 7 heteroatoms. The van der Waals surface area contributed by atoms with Crippen LogP contribution in [0, 0.1) is 26.7 Å². The predicted octanol–water partition coefficient (Wildman–Crippen LogP) is 5.25. The van der Waals surface area contributed by atoms with Gasteiger partial charge in [-0.25, -0.2) is 4.79 Å². The molecular weight excluding hydrogens is 442 g/mol. The molecule has 2 N–H and O–H groups in total. The molecule has 3 aromatic carbocycles. The number of anilines is 2. The fraction of sp³-hybridized carbons (Fsp3) is 0.286. The number of urea groups is 1. The third-order valence-electron chi connectivity index (χ3n) is 6.89. The first-order valence-electron chi connectivity index (χ1n) is 11.6. The molecule has 0 aliphatic carbocycles. The summed E-state index contributed by atoms with van der Waals surface area (Å²) in [6, 6.07) is 18.1. The van der Waals surface area contributed by atoms with E-state index in [1.807, 2.05) is 81.4 Å². The van der Waals surface area contributed by atoms with Crippen molar-refractivity contribution in [1.29, 1.82) is 0 Å². The van der Waals surface area contributed by atoms with Crippen molar-refractivity contribution < 1.29 is 19.1 Å². The molecule has 0 unspecified atom stereocenters. The van der Waals surface area contributed by atoms with Crippen molar-refractivity contribution in [3.05, 3.63) is 82.9 Å². The first kappa shape index (κ1) is 22.8. The summed E-state index contributed by atoms with van der Waals surface area (Å²) in [4.78, 5) is 29.0. The van der Waals surface area contributed by atoms with E-state index in [2.05, 4.69) is 10.6 Å². The van der Waals surface area contributed by atoms with Gasteiger partial charge in [0.2, 0.25) is 11.6 Å². The lowest BCUT2D eigenvalue weighted by Crippen LogP contribution is -2.72. The minimum absolute atomic E-state index is 0.240. The molecule has 2 bridgehead atoms. The zero-order valence-corrected chi connectivity index (χ0v) is 20.5. The average Bonchev–Trinajstić information content (AvgIpc) is 2.80. The Morgan fingerprint density at radius 1 is 1.06 bits per heavy atom. The number of carbonyl (C=O) groups is 2. The monoisotopic (exact) mass is 471 g/mol. The highest BCUT2D eigenvalue weighted by Crippen LogP contribution is 2.52. The van der Waals surface area contributed by atoms with Gasteiger partial charge in [-0.05, 0) is 63.1 Å². The number of ether oxygens (including phenoxy) is 2. The van der Waals surface area contributed by atoms with E-state index in [1.54, 1.807) is 14.0 Å². The predicted molar refractivity (Wildman–Crippen MR) is 135 cm³/mol. The number of aryl methyl sites for hydroxylation is 3. The van der Waals surface area contributed by atoms with Crippen molar-refractivity contribution in [3.63, 3.8) is 0 Å². The number of fused-ring (bicyclic) bond motifs is 4. The average molecular weight is 472 g/mol. The van der Waals surface area contributed by atoms with Crippen LogP contribution in [0.25, 0.3) is 0 Å². The summed E-state index contributed by atoms with van der Waals surface area (Å²) in [5.41, 5.74) is 3.84. The maximum absolute atomic E-state index is 13.9. The second-order valence-corrected chi connectivity index (χ2v) is 9.42. The van der Waals surface area contributed by atoms with Crippen LogP contribution < -0.4 is 25.0 Å². The van der Waals surface area contributed by atoms with E-state index in [-0.39, 0.29) is 11.9 Å². The van der Waals surface area contributed by atoms with Crippen LogP contribution in [-0.2, 0) is 4.79 Å². The SMILES string of the molecule is COc1cccc2c1O[C@@]1(C)[C@H](C(=O)Nc3ccc(C)cc3C)[C@@H]2NC(=O)N1c1cccc(C)c1. The highest BCUT2D eigenvalue weighted by molar-refractivity contribution is 6.02. The number of benzene rings is 3. The Morgan fingerprint density at radius 3 is 2.51 bits per heavy atom. The van der Waals surface area contributed by atoms with Gasteiger partial charge in [0, 0.05) is 16.9 Å². The minimum atomic E-state index is -1.31. The molecule has 2 aliphatic rings. The molecule has 0 saturated carbocycles. The third kappa shape index (κ3) is 3.67. The zero-order valence-electron chi connectivity index (χ0n) is 20.5. The van der Waals surface area contributed by atoms with Crippen LogP contribution in [-0.4, -0.2) is 24.8 Å². The van der Waals surface area contributed by atoms with Gasteiger partial charge in [0.1, 0.15) is 5.92 Å².